The van der Waals surface area contributed by atoms with Crippen LogP contribution in [-0.4, -0.2) is 39.7 Å². The van der Waals surface area contributed by atoms with Gasteiger partial charge in [-0.2, -0.15) is 10.4 Å². The lowest BCUT2D eigenvalue weighted by molar-refractivity contribution is -0.144. The highest BCUT2D eigenvalue weighted by Crippen LogP contribution is 2.39. The van der Waals surface area contributed by atoms with Crippen molar-refractivity contribution in [2.45, 2.75) is 20.0 Å². The monoisotopic (exact) mass is 410 g/mol. The molecule has 2 aromatic rings. The van der Waals surface area contributed by atoms with Crippen molar-refractivity contribution >= 4 is 35.4 Å². The summed E-state index contributed by atoms with van der Waals surface area (Å²) in [5.41, 5.74) is 1.23. The van der Waals surface area contributed by atoms with E-state index in [1.54, 1.807) is 14.0 Å². The second-order valence-electron chi connectivity index (χ2n) is 5.47. The molecule has 1 aromatic heterocycles. The summed E-state index contributed by atoms with van der Waals surface area (Å²) in [7, 11) is 1.68. The van der Waals surface area contributed by atoms with Crippen LogP contribution in [0.3, 0.4) is 0 Å². The second kappa shape index (κ2) is 8.75. The number of carbonyl (C=O) groups is 1. The third-order valence-electron chi connectivity index (χ3n) is 3.44. The first kappa shape index (κ1) is 20.6. The Bertz CT molecular complexity index is 934. The van der Waals surface area contributed by atoms with Gasteiger partial charge in [0.05, 0.1) is 27.4 Å². The number of hydrogen-bond acceptors (Lipinski definition) is 6. The Kier molecular flexibility index (Phi) is 6.66. The molecule has 1 N–H and O–H groups in total. The van der Waals surface area contributed by atoms with Crippen LogP contribution in [0.2, 0.25) is 10.0 Å². The molecule has 10 heteroatoms. The van der Waals surface area contributed by atoms with Gasteiger partial charge in [0.15, 0.2) is 11.9 Å². The van der Waals surface area contributed by atoms with Crippen molar-refractivity contribution in [2.75, 3.05) is 6.54 Å². The molecule has 1 heterocycles. The minimum atomic E-state index is -1.14. The summed E-state index contributed by atoms with van der Waals surface area (Å²) in [4.78, 5) is 15.0. The fourth-order valence-corrected chi connectivity index (χ4v) is 2.59. The van der Waals surface area contributed by atoms with Crippen molar-refractivity contribution in [3.05, 3.63) is 33.4 Å². The molecule has 27 heavy (non-hydrogen) atoms. The van der Waals surface area contributed by atoms with Crippen LogP contribution in [0.25, 0.3) is 0 Å². The zero-order valence-electron chi connectivity index (χ0n) is 14.7. The molecule has 0 radical (unpaired) electrons. The van der Waals surface area contributed by atoms with E-state index in [2.05, 4.69) is 10.1 Å². The predicted molar refractivity (Wildman–Crippen MR) is 100 cm³/mol. The van der Waals surface area contributed by atoms with Crippen LogP contribution in [0.4, 0.5) is 0 Å². The van der Waals surface area contributed by atoms with Crippen LogP contribution in [0, 0.1) is 18.3 Å². The van der Waals surface area contributed by atoms with Crippen molar-refractivity contribution in [1.29, 1.82) is 5.26 Å². The van der Waals surface area contributed by atoms with Crippen LogP contribution in [0.1, 0.15) is 18.2 Å². The van der Waals surface area contributed by atoms with E-state index in [1.165, 1.54) is 30.0 Å². The zero-order valence-corrected chi connectivity index (χ0v) is 16.2. The number of nitriles is 1. The Morgan fingerprint density at radius 1 is 1.44 bits per heavy atom. The van der Waals surface area contributed by atoms with Gasteiger partial charge in [-0.3, -0.25) is 4.99 Å². The number of nitrogens with zero attached hydrogens (tertiary/aromatic N) is 4. The maximum absolute atomic E-state index is 11.0. The highest BCUT2D eigenvalue weighted by atomic mass is 35.5. The quantitative estimate of drug-likeness (QED) is 0.551. The number of aromatic nitrogens is 2. The topological polar surface area (TPSA) is 110 Å². The smallest absolute Gasteiger partial charge is 0.344 e. The standard InChI is InChI=1S/C17H16Cl2N4O4/c1-9-11(8-21-5-4-20)16(23(3)22-9)27-15-7-14(12(18)6-13(15)19)26-10(2)17(24)25/h6-8,10H,5H2,1-3H3,(H,24,25)/t10-/m0/s1. The molecule has 0 fully saturated rings. The summed E-state index contributed by atoms with van der Waals surface area (Å²) in [6, 6.07) is 4.72. The van der Waals surface area contributed by atoms with E-state index < -0.39 is 12.1 Å². The van der Waals surface area contributed by atoms with Crippen molar-refractivity contribution in [1.82, 2.24) is 9.78 Å². The Labute approximate surface area is 165 Å². The predicted octanol–water partition coefficient (Wildman–Crippen LogP) is 3.62. The fraction of sp³-hybridized carbons (Fsp3) is 0.294. The van der Waals surface area contributed by atoms with Crippen LogP contribution in [-0.2, 0) is 11.8 Å². The van der Waals surface area contributed by atoms with Gasteiger partial charge in [0.25, 0.3) is 0 Å². The van der Waals surface area contributed by atoms with Crippen molar-refractivity contribution in [2.24, 2.45) is 12.0 Å². The first-order chi connectivity index (χ1) is 12.7. The number of ether oxygens (including phenoxy) is 2. The average molecular weight is 411 g/mol. The SMILES string of the molecule is Cc1nn(C)c(Oc2cc(O[C@@H](C)C(=O)O)c(Cl)cc2Cl)c1C=NCC#N. The van der Waals surface area contributed by atoms with E-state index in [0.29, 0.717) is 17.1 Å². The molecule has 0 aliphatic heterocycles. The average Bonchev–Trinajstić information content (AvgIpc) is 2.85. The van der Waals surface area contributed by atoms with Gasteiger partial charge in [0.2, 0.25) is 5.88 Å². The van der Waals surface area contributed by atoms with E-state index >= 15 is 0 Å². The van der Waals surface area contributed by atoms with E-state index in [-0.39, 0.29) is 28.1 Å². The van der Waals surface area contributed by atoms with Crippen molar-refractivity contribution in [3.63, 3.8) is 0 Å². The first-order valence-electron chi connectivity index (χ1n) is 7.71. The number of halogens is 2. The zero-order chi connectivity index (χ0) is 20.1. The first-order valence-corrected chi connectivity index (χ1v) is 8.47. The fourth-order valence-electron chi connectivity index (χ4n) is 2.12. The van der Waals surface area contributed by atoms with Gasteiger partial charge in [0.1, 0.15) is 12.3 Å². The van der Waals surface area contributed by atoms with Crippen LogP contribution >= 0.6 is 23.2 Å². The Balaban J connectivity index is 2.40. The summed E-state index contributed by atoms with van der Waals surface area (Å²) in [6.07, 6.45) is 0.387. The summed E-state index contributed by atoms with van der Waals surface area (Å²) in [6.45, 7) is 3.15. The molecule has 0 amide bonds. The molecular formula is C17H16Cl2N4O4. The Morgan fingerprint density at radius 2 is 2.11 bits per heavy atom. The molecular weight excluding hydrogens is 395 g/mol. The van der Waals surface area contributed by atoms with Crippen molar-refractivity contribution < 1.29 is 19.4 Å². The number of rotatable bonds is 7. The third kappa shape index (κ3) is 4.90. The maximum atomic E-state index is 11.0. The molecule has 0 unspecified atom stereocenters. The minimum Gasteiger partial charge on any atom is -0.479 e. The number of carboxylic acids is 1. The molecule has 8 nitrogen and oxygen atoms in total. The summed E-state index contributed by atoms with van der Waals surface area (Å²) >= 11 is 12.3. The van der Waals surface area contributed by atoms with E-state index in [1.807, 2.05) is 6.07 Å². The number of hydrogen-bond donors (Lipinski definition) is 1. The lowest BCUT2D eigenvalue weighted by Crippen LogP contribution is -2.23. The van der Waals surface area contributed by atoms with Crippen molar-refractivity contribution in [3.8, 4) is 23.4 Å². The van der Waals surface area contributed by atoms with Gasteiger partial charge in [-0.15, -0.1) is 0 Å². The molecule has 0 bridgehead atoms. The maximum Gasteiger partial charge on any atom is 0.344 e. The van der Waals surface area contributed by atoms with Gasteiger partial charge in [-0.05, 0) is 19.9 Å². The third-order valence-corrected chi connectivity index (χ3v) is 4.03. The molecule has 0 aliphatic carbocycles. The Morgan fingerprint density at radius 3 is 2.74 bits per heavy atom. The molecule has 0 saturated heterocycles. The molecule has 0 aliphatic rings. The minimum absolute atomic E-state index is 0.000536. The number of aliphatic imine (C=N–C) groups is 1. The lowest BCUT2D eigenvalue weighted by atomic mass is 10.2. The summed E-state index contributed by atoms with van der Waals surface area (Å²) in [5, 5.41) is 22.2. The van der Waals surface area contributed by atoms with Gasteiger partial charge in [-0.25, -0.2) is 9.48 Å². The van der Waals surface area contributed by atoms with E-state index in [9.17, 15) is 4.79 Å². The van der Waals surface area contributed by atoms with Gasteiger partial charge in [0, 0.05) is 19.3 Å². The molecule has 1 atom stereocenters. The highest BCUT2D eigenvalue weighted by Gasteiger charge is 2.20. The second-order valence-corrected chi connectivity index (χ2v) is 6.28. The molecule has 0 spiro atoms. The summed E-state index contributed by atoms with van der Waals surface area (Å²) in [5.74, 6) is -0.478. The van der Waals surface area contributed by atoms with Gasteiger partial charge < -0.3 is 14.6 Å². The molecule has 2 rings (SSSR count). The Hall–Kier alpha value is -2.76. The molecule has 1 aromatic carbocycles. The molecule has 142 valence electrons. The van der Waals surface area contributed by atoms with Gasteiger partial charge >= 0.3 is 5.97 Å². The van der Waals surface area contributed by atoms with Gasteiger partial charge in [-0.1, -0.05) is 23.2 Å². The number of benzene rings is 1. The number of aliphatic carboxylic acids is 1. The van der Waals surface area contributed by atoms with Crippen LogP contribution in [0.5, 0.6) is 17.4 Å². The van der Waals surface area contributed by atoms with E-state index in [4.69, 9.17) is 43.0 Å². The highest BCUT2D eigenvalue weighted by molar-refractivity contribution is 6.36. The summed E-state index contributed by atoms with van der Waals surface area (Å²) < 4.78 is 12.7. The number of carboxylic acid groups (broad SMARTS) is 1. The van der Waals surface area contributed by atoms with Crippen LogP contribution < -0.4 is 9.47 Å². The largest absolute Gasteiger partial charge is 0.479 e. The van der Waals surface area contributed by atoms with Crippen LogP contribution in [0.15, 0.2) is 17.1 Å². The number of aryl methyl sites for hydroxylation is 2. The normalized spacial score (nSPS) is 12.0. The molecule has 0 saturated carbocycles. The lowest BCUT2D eigenvalue weighted by Gasteiger charge is -2.15. The van der Waals surface area contributed by atoms with E-state index in [0.717, 1.165) is 0 Å².